The minimum atomic E-state index is -3.30. The number of rotatable bonds is 15. The monoisotopic (exact) mass is 810 g/mol. The highest BCUT2D eigenvalue weighted by Gasteiger charge is 2.49. The predicted molar refractivity (Wildman–Crippen MR) is 221 cm³/mol. The highest BCUT2D eigenvalue weighted by molar-refractivity contribution is 7.21. The van der Waals surface area contributed by atoms with E-state index < -0.39 is 42.6 Å². The Morgan fingerprint density at radius 1 is 1.00 bits per heavy atom. The van der Waals surface area contributed by atoms with Crippen LogP contribution in [0.2, 0.25) is 5.04 Å². The smallest absolute Gasteiger partial charge is 0.332 e. The quantitative estimate of drug-likeness (QED) is 0.112. The van der Waals surface area contributed by atoms with Gasteiger partial charge in [-0.1, -0.05) is 85.8 Å². The molecule has 3 aromatic carbocycles. The summed E-state index contributed by atoms with van der Waals surface area (Å²) in [5.41, 5.74) is -0.290. The van der Waals surface area contributed by atoms with Gasteiger partial charge < -0.3 is 19.2 Å². The molecule has 0 aliphatic carbocycles. The first-order chi connectivity index (χ1) is 27.4. The molecule has 4 heterocycles. The van der Waals surface area contributed by atoms with Gasteiger partial charge in [0, 0.05) is 30.8 Å². The summed E-state index contributed by atoms with van der Waals surface area (Å²) in [6.45, 7) is 8.74. The van der Waals surface area contributed by atoms with Crippen LogP contribution in [0.5, 0.6) is 5.75 Å². The van der Waals surface area contributed by atoms with E-state index >= 15 is 4.39 Å². The maximum atomic E-state index is 15.1. The van der Waals surface area contributed by atoms with Gasteiger partial charge in [-0.15, -0.1) is 4.80 Å². The van der Waals surface area contributed by atoms with Crippen LogP contribution in [-0.4, -0.2) is 74.9 Å². The third kappa shape index (κ3) is 7.28. The number of carbonyl (C=O) groups is 1. The Hall–Kier alpha value is -5.22. The summed E-state index contributed by atoms with van der Waals surface area (Å²) in [5, 5.41) is 10.6. The number of aryl methyl sites for hydroxylation is 1. The largest absolute Gasteiger partial charge is 0.496 e. The summed E-state index contributed by atoms with van der Waals surface area (Å²) >= 11 is 1.18. The highest BCUT2D eigenvalue weighted by Crippen LogP contribution is 2.40. The van der Waals surface area contributed by atoms with Crippen molar-refractivity contribution in [2.75, 3.05) is 26.8 Å². The van der Waals surface area contributed by atoms with Crippen LogP contribution in [0.25, 0.3) is 15.2 Å². The van der Waals surface area contributed by atoms with E-state index in [4.69, 9.17) is 9.47 Å². The molecule has 1 amide bonds. The van der Waals surface area contributed by atoms with E-state index in [-0.39, 0.29) is 24.4 Å². The summed E-state index contributed by atoms with van der Waals surface area (Å²) in [5.74, 6) is -0.441. The standard InChI is InChI=1S/C42H47FN6O6SSi/c1-6-46-24-20-33(37(46)50)48-38(51)36-28(2)39(49-44-22-23-45-49)56-40(36)47(41(48)52)27-35(32-26-29(43)18-19-34(32)54-5)55-25-13-21-42(3,4)57(53,30-14-9-7-10-15-30)31-16-11-8-12-17-31/h7-12,14-19,22-23,26,33,35,53H,6,13,20-21,24-25,27H2,1-5H3/t33?,35-/m0/s1. The molecule has 0 radical (unpaired) electrons. The SMILES string of the molecule is CCN1CCC(n2c(=O)c3c(C)c(-n4nccn4)sc3n(C[C@H](OCCCC(C)(C)[Si](O)(c3ccccc3)c3ccccc3)c3cc(F)ccc3OC)c2=O)C1=O. The van der Waals surface area contributed by atoms with Crippen molar-refractivity contribution in [3.63, 3.8) is 0 Å². The molecule has 1 aliphatic heterocycles. The first-order valence-electron chi connectivity index (χ1n) is 19.1. The predicted octanol–water partition coefficient (Wildman–Crippen LogP) is 5.13. The minimum Gasteiger partial charge on any atom is -0.496 e. The van der Waals surface area contributed by atoms with Crippen LogP contribution in [0.1, 0.15) is 63.3 Å². The third-order valence-electron chi connectivity index (χ3n) is 11.3. The number of hydrogen-bond donors (Lipinski definition) is 1. The Bertz CT molecular complexity index is 2450. The number of benzene rings is 3. The molecule has 2 atom stereocenters. The lowest BCUT2D eigenvalue weighted by Gasteiger charge is -2.41. The first kappa shape index (κ1) is 40.0. The van der Waals surface area contributed by atoms with Crippen molar-refractivity contribution in [2.45, 2.75) is 70.7 Å². The molecule has 0 spiro atoms. The maximum Gasteiger partial charge on any atom is 0.332 e. The van der Waals surface area contributed by atoms with Crippen molar-refractivity contribution >= 4 is 46.2 Å². The van der Waals surface area contributed by atoms with Crippen molar-refractivity contribution in [3.05, 3.63) is 129 Å². The fourth-order valence-corrected chi connectivity index (χ4v) is 13.2. The molecule has 15 heteroatoms. The number of carbonyl (C=O) groups excluding carboxylic acids is 1. The van der Waals surface area contributed by atoms with Gasteiger partial charge in [-0.25, -0.2) is 13.8 Å². The van der Waals surface area contributed by atoms with E-state index in [0.29, 0.717) is 59.1 Å². The number of thiophene rings is 1. The molecule has 57 heavy (non-hydrogen) atoms. The molecule has 0 bridgehead atoms. The van der Waals surface area contributed by atoms with Gasteiger partial charge in [-0.3, -0.25) is 14.2 Å². The number of amides is 1. The number of likely N-dealkylation sites (tertiary alicyclic amines) is 1. The lowest BCUT2D eigenvalue weighted by atomic mass is 10.1. The zero-order valence-corrected chi connectivity index (χ0v) is 34.5. The highest BCUT2D eigenvalue weighted by atomic mass is 32.1. The molecule has 298 valence electrons. The van der Waals surface area contributed by atoms with E-state index in [2.05, 4.69) is 24.0 Å². The zero-order chi connectivity index (χ0) is 40.5. The maximum absolute atomic E-state index is 15.1. The van der Waals surface area contributed by atoms with Crippen LogP contribution in [-0.2, 0) is 16.1 Å². The second kappa shape index (κ2) is 16.3. The van der Waals surface area contributed by atoms with Gasteiger partial charge in [-0.05, 0) is 66.7 Å². The van der Waals surface area contributed by atoms with Crippen LogP contribution in [0.4, 0.5) is 4.39 Å². The van der Waals surface area contributed by atoms with E-state index in [1.165, 1.54) is 58.4 Å². The average molecular weight is 811 g/mol. The summed E-state index contributed by atoms with van der Waals surface area (Å²) < 4.78 is 29.9. The number of aromatic nitrogens is 5. The zero-order valence-electron chi connectivity index (χ0n) is 32.7. The summed E-state index contributed by atoms with van der Waals surface area (Å²) in [6, 6.07) is 22.8. The molecular formula is C42H47FN6O6SSi. The molecule has 1 aliphatic rings. The Kier molecular flexibility index (Phi) is 11.5. The van der Waals surface area contributed by atoms with Gasteiger partial charge in [0.2, 0.25) is 5.91 Å². The van der Waals surface area contributed by atoms with Crippen molar-refractivity contribution in [2.24, 2.45) is 0 Å². The van der Waals surface area contributed by atoms with Crippen molar-refractivity contribution in [1.82, 2.24) is 29.0 Å². The van der Waals surface area contributed by atoms with Gasteiger partial charge in [0.05, 0.1) is 31.4 Å². The molecular weight excluding hydrogens is 764 g/mol. The van der Waals surface area contributed by atoms with Crippen LogP contribution < -0.4 is 26.4 Å². The summed E-state index contributed by atoms with van der Waals surface area (Å²) in [7, 11) is -1.82. The summed E-state index contributed by atoms with van der Waals surface area (Å²) in [4.78, 5) is 58.7. The Labute approximate surface area is 334 Å². The molecule has 0 saturated carbocycles. The van der Waals surface area contributed by atoms with Gasteiger partial charge in [-0.2, -0.15) is 10.2 Å². The third-order valence-corrected chi connectivity index (χ3v) is 17.1. The Morgan fingerprint density at radius 3 is 2.25 bits per heavy atom. The minimum absolute atomic E-state index is 0.129. The summed E-state index contributed by atoms with van der Waals surface area (Å²) in [6.07, 6.45) is 3.54. The normalized spacial score (nSPS) is 15.5. The molecule has 6 aromatic rings. The van der Waals surface area contributed by atoms with E-state index in [9.17, 15) is 19.2 Å². The number of halogens is 1. The molecule has 1 saturated heterocycles. The first-order valence-corrected chi connectivity index (χ1v) is 21.9. The van der Waals surface area contributed by atoms with Crippen LogP contribution in [0, 0.1) is 12.7 Å². The van der Waals surface area contributed by atoms with Gasteiger partial charge in [0.25, 0.3) is 13.9 Å². The van der Waals surface area contributed by atoms with E-state index in [1.54, 1.807) is 11.8 Å². The van der Waals surface area contributed by atoms with Crippen LogP contribution in [0.3, 0.4) is 0 Å². The average Bonchev–Trinajstić information content (AvgIpc) is 3.97. The Balaban J connectivity index is 1.28. The van der Waals surface area contributed by atoms with Crippen LogP contribution >= 0.6 is 11.3 Å². The van der Waals surface area contributed by atoms with Gasteiger partial charge in [0.15, 0.2) is 0 Å². The van der Waals surface area contributed by atoms with Crippen molar-refractivity contribution < 1.29 is 23.5 Å². The number of fused-ring (bicyclic) bond motifs is 1. The molecule has 1 fully saturated rings. The van der Waals surface area contributed by atoms with Gasteiger partial charge in [0.1, 0.15) is 33.5 Å². The Morgan fingerprint density at radius 2 is 1.65 bits per heavy atom. The van der Waals surface area contributed by atoms with Crippen molar-refractivity contribution in [3.8, 4) is 10.8 Å². The molecule has 7 rings (SSSR count). The lowest BCUT2D eigenvalue weighted by Crippen LogP contribution is -2.65. The number of likely N-dealkylation sites (N-methyl/N-ethyl adjacent to an activating group) is 1. The van der Waals surface area contributed by atoms with E-state index in [0.717, 1.165) is 14.9 Å². The number of nitrogens with zero attached hydrogens (tertiary/aromatic N) is 6. The second-order valence-corrected chi connectivity index (χ2v) is 19.9. The molecule has 3 aromatic heterocycles. The molecule has 1 N–H and O–H groups in total. The molecule has 12 nitrogen and oxygen atoms in total. The number of hydrogen-bond acceptors (Lipinski definition) is 9. The topological polar surface area (TPSA) is 134 Å². The number of methoxy groups -OCH3 is 1. The van der Waals surface area contributed by atoms with Gasteiger partial charge >= 0.3 is 5.69 Å². The second-order valence-electron chi connectivity index (χ2n) is 15.0. The van der Waals surface area contributed by atoms with Crippen molar-refractivity contribution in [1.29, 1.82) is 0 Å². The molecule has 1 unspecified atom stereocenters. The lowest BCUT2D eigenvalue weighted by molar-refractivity contribution is -0.130. The number of ether oxygens (including phenoxy) is 2. The fourth-order valence-electron chi connectivity index (χ4n) is 8.17. The van der Waals surface area contributed by atoms with E-state index in [1.807, 2.05) is 67.6 Å². The fraction of sp³-hybridized carbons (Fsp3) is 0.357. The van der Waals surface area contributed by atoms with Crippen LogP contribution in [0.15, 0.2) is 101 Å².